The molecule has 0 aliphatic carbocycles. The highest BCUT2D eigenvalue weighted by atomic mass is 16.6. The minimum atomic E-state index is -1.56. The number of methoxy groups -OCH3 is 1. The summed E-state index contributed by atoms with van der Waals surface area (Å²) in [7, 11) is 1.12. The second-order valence-electron chi connectivity index (χ2n) is 11.2. The Kier molecular flexibility index (Phi) is 10.7. The maximum atomic E-state index is 13.1. The lowest BCUT2D eigenvalue weighted by Crippen LogP contribution is -2.61. The molecule has 3 amide bonds. The van der Waals surface area contributed by atoms with Gasteiger partial charge in [0.25, 0.3) is 0 Å². The molecule has 0 aliphatic heterocycles. The zero-order valence-corrected chi connectivity index (χ0v) is 22.2. The van der Waals surface area contributed by atoms with E-state index < -0.39 is 53.1 Å². The van der Waals surface area contributed by atoms with Gasteiger partial charge >= 0.3 is 24.2 Å². The van der Waals surface area contributed by atoms with Crippen molar-refractivity contribution in [2.75, 3.05) is 7.11 Å². The molecule has 0 heterocycles. The molecule has 0 bridgehead atoms. The number of hydrogen-bond donors (Lipinski definition) is 1. The van der Waals surface area contributed by atoms with Gasteiger partial charge in [0.05, 0.1) is 13.2 Å². The lowest BCUT2D eigenvalue weighted by molar-refractivity contribution is -0.148. The Morgan fingerprint density at radius 3 is 1.45 bits per heavy atom. The zero-order chi connectivity index (χ0) is 26.4. The molecule has 0 aromatic rings. The van der Waals surface area contributed by atoms with Crippen molar-refractivity contribution < 1.29 is 38.1 Å². The van der Waals surface area contributed by atoms with Gasteiger partial charge in [0, 0.05) is 0 Å². The van der Waals surface area contributed by atoms with Crippen molar-refractivity contribution in [2.24, 2.45) is 5.92 Å². The number of carbonyl (C=O) groups excluding carboxylic acids is 4. The topological polar surface area (TPSA) is 120 Å². The van der Waals surface area contributed by atoms with E-state index in [0.717, 1.165) is 7.11 Å². The number of ether oxygens (including phenoxy) is 4. The van der Waals surface area contributed by atoms with Crippen LogP contribution in [0.15, 0.2) is 0 Å². The molecule has 0 saturated heterocycles. The third-order valence-corrected chi connectivity index (χ3v) is 3.71. The Labute approximate surface area is 197 Å². The van der Waals surface area contributed by atoms with Crippen LogP contribution in [-0.2, 0) is 23.7 Å². The summed E-state index contributed by atoms with van der Waals surface area (Å²) in [4.78, 5) is 52.2. The number of nitrogens with one attached hydrogen (secondary N) is 1. The van der Waals surface area contributed by atoms with E-state index in [0.29, 0.717) is 4.90 Å². The molecule has 2 unspecified atom stereocenters. The van der Waals surface area contributed by atoms with Crippen LogP contribution in [0, 0.1) is 5.92 Å². The molecule has 10 heteroatoms. The van der Waals surface area contributed by atoms with Crippen LogP contribution in [0.4, 0.5) is 14.4 Å². The van der Waals surface area contributed by atoms with Crippen LogP contribution < -0.4 is 5.32 Å². The molecule has 1 N–H and O–H groups in total. The van der Waals surface area contributed by atoms with E-state index in [9.17, 15) is 19.2 Å². The Morgan fingerprint density at radius 2 is 1.15 bits per heavy atom. The number of carbonyl (C=O) groups is 4. The quantitative estimate of drug-likeness (QED) is 0.437. The van der Waals surface area contributed by atoms with Gasteiger partial charge < -0.3 is 24.3 Å². The number of hydrogen-bond acceptors (Lipinski definition) is 8. The molecule has 0 aromatic heterocycles. The molecule has 0 rings (SSSR count). The predicted octanol–water partition coefficient (Wildman–Crippen LogP) is 4.64. The molecule has 0 spiro atoms. The summed E-state index contributed by atoms with van der Waals surface area (Å²) in [6.45, 7) is 18.5. The van der Waals surface area contributed by atoms with Crippen molar-refractivity contribution in [3.8, 4) is 0 Å². The Balaban J connectivity index is 6.50. The van der Waals surface area contributed by atoms with Crippen molar-refractivity contribution in [2.45, 2.75) is 111 Å². The minimum Gasteiger partial charge on any atom is -0.467 e. The number of amides is 3. The second kappa shape index (κ2) is 11.6. The van der Waals surface area contributed by atoms with Crippen LogP contribution >= 0.6 is 0 Å². The van der Waals surface area contributed by atoms with Crippen molar-refractivity contribution in [1.29, 1.82) is 0 Å². The first-order valence-corrected chi connectivity index (χ1v) is 11.0. The van der Waals surface area contributed by atoms with E-state index in [1.54, 1.807) is 62.3 Å². The average Bonchev–Trinajstić information content (AvgIpc) is 2.52. The minimum absolute atomic E-state index is 0.0313. The predicted molar refractivity (Wildman–Crippen MR) is 123 cm³/mol. The molecular formula is C23H42N2O8. The van der Waals surface area contributed by atoms with Gasteiger partial charge in [-0.15, -0.1) is 0 Å². The molecule has 192 valence electrons. The first kappa shape index (κ1) is 30.5. The second-order valence-corrected chi connectivity index (χ2v) is 11.2. The highest BCUT2D eigenvalue weighted by Gasteiger charge is 2.46. The summed E-state index contributed by atoms with van der Waals surface area (Å²) >= 11 is 0. The van der Waals surface area contributed by atoms with Crippen LogP contribution in [0.1, 0.15) is 82.6 Å². The summed E-state index contributed by atoms with van der Waals surface area (Å²) in [5.41, 5.74) is -2.74. The fourth-order valence-corrected chi connectivity index (χ4v) is 2.73. The molecule has 2 atom stereocenters. The largest absolute Gasteiger partial charge is 0.467 e. The Bertz CT molecular complexity index is 671. The molecule has 33 heavy (non-hydrogen) atoms. The lowest BCUT2D eigenvalue weighted by Gasteiger charge is -2.36. The van der Waals surface area contributed by atoms with Crippen molar-refractivity contribution in [1.82, 2.24) is 10.2 Å². The SMILES string of the molecule is COC(=O)C(C(CC(C)C)NC(=O)OC(C)(C)C)N(C(=O)OC(C)(C)C)C(=O)OC(C)(C)C. The molecular weight excluding hydrogens is 432 g/mol. The number of esters is 1. The van der Waals surface area contributed by atoms with Crippen LogP contribution in [0.3, 0.4) is 0 Å². The molecule has 0 aliphatic rings. The van der Waals surface area contributed by atoms with Crippen LogP contribution in [0.2, 0.25) is 0 Å². The first-order chi connectivity index (χ1) is 14.7. The van der Waals surface area contributed by atoms with Crippen LogP contribution in [-0.4, -0.2) is 65.1 Å². The smallest absolute Gasteiger partial charge is 0.420 e. The van der Waals surface area contributed by atoms with Gasteiger partial charge in [-0.2, -0.15) is 4.90 Å². The van der Waals surface area contributed by atoms with Gasteiger partial charge in [-0.05, 0) is 74.7 Å². The Hall–Kier alpha value is -2.52. The van der Waals surface area contributed by atoms with Crippen LogP contribution in [0.25, 0.3) is 0 Å². The third-order valence-electron chi connectivity index (χ3n) is 3.71. The molecule has 10 nitrogen and oxygen atoms in total. The van der Waals surface area contributed by atoms with Crippen molar-refractivity contribution >= 4 is 24.2 Å². The summed E-state index contributed by atoms with van der Waals surface area (Å²) in [5, 5.41) is 2.62. The number of rotatable bonds is 6. The van der Waals surface area contributed by atoms with Gasteiger partial charge in [0.15, 0.2) is 6.04 Å². The number of nitrogens with zero attached hydrogens (tertiary/aromatic N) is 1. The fraction of sp³-hybridized carbons (Fsp3) is 0.826. The van der Waals surface area contributed by atoms with Gasteiger partial charge in [-0.3, -0.25) is 0 Å². The van der Waals surface area contributed by atoms with Gasteiger partial charge in [-0.25, -0.2) is 19.2 Å². The first-order valence-electron chi connectivity index (χ1n) is 11.0. The third kappa shape index (κ3) is 12.3. The van der Waals surface area contributed by atoms with E-state index >= 15 is 0 Å². The van der Waals surface area contributed by atoms with E-state index in [1.807, 2.05) is 13.8 Å². The highest BCUT2D eigenvalue weighted by molar-refractivity contribution is 5.94. The summed E-state index contributed by atoms with van der Waals surface area (Å²) in [6.07, 6.45) is -2.80. The van der Waals surface area contributed by atoms with Crippen molar-refractivity contribution in [3.05, 3.63) is 0 Å². The normalized spacial score (nSPS) is 14.1. The maximum Gasteiger partial charge on any atom is 0.420 e. The zero-order valence-electron chi connectivity index (χ0n) is 22.2. The number of imide groups is 1. The fourth-order valence-electron chi connectivity index (χ4n) is 2.73. The van der Waals surface area contributed by atoms with Crippen molar-refractivity contribution in [3.63, 3.8) is 0 Å². The maximum absolute atomic E-state index is 13.1. The highest BCUT2D eigenvalue weighted by Crippen LogP contribution is 2.22. The summed E-state index contributed by atoms with van der Waals surface area (Å²) in [5.74, 6) is -0.954. The van der Waals surface area contributed by atoms with E-state index in [4.69, 9.17) is 18.9 Å². The van der Waals surface area contributed by atoms with Gasteiger partial charge in [-0.1, -0.05) is 13.8 Å². The summed E-state index contributed by atoms with van der Waals surface area (Å²) < 4.78 is 21.0. The molecule has 0 radical (unpaired) electrons. The van der Waals surface area contributed by atoms with Crippen LogP contribution in [0.5, 0.6) is 0 Å². The number of alkyl carbamates (subject to hydrolysis) is 1. The van der Waals surface area contributed by atoms with Gasteiger partial charge in [0.1, 0.15) is 16.8 Å². The molecule has 0 fully saturated rings. The standard InChI is InChI=1S/C23H42N2O8/c1-14(2)13-15(24-18(27)31-21(3,4)5)16(17(26)30-12)25(19(28)32-22(6,7)8)20(29)33-23(9,10)11/h14-16H,13H2,1-12H3,(H,24,27). The van der Waals surface area contributed by atoms with E-state index in [2.05, 4.69) is 5.32 Å². The monoisotopic (exact) mass is 474 g/mol. The molecule has 0 aromatic carbocycles. The Morgan fingerprint density at radius 1 is 0.758 bits per heavy atom. The van der Waals surface area contributed by atoms with Gasteiger partial charge in [0.2, 0.25) is 0 Å². The lowest BCUT2D eigenvalue weighted by atomic mass is 9.96. The molecule has 0 saturated carbocycles. The van der Waals surface area contributed by atoms with E-state index in [1.165, 1.54) is 0 Å². The average molecular weight is 475 g/mol. The van der Waals surface area contributed by atoms with E-state index in [-0.39, 0.29) is 12.3 Å². The summed E-state index contributed by atoms with van der Waals surface area (Å²) in [6, 6.07) is -2.60.